The number of anilines is 1. The lowest BCUT2D eigenvalue weighted by atomic mass is 10.3. The van der Waals surface area contributed by atoms with Crippen molar-refractivity contribution >= 4 is 23.3 Å². The molecule has 2 rings (SSSR count). The van der Waals surface area contributed by atoms with Crippen molar-refractivity contribution in [2.24, 2.45) is 0 Å². The number of urea groups is 1. The van der Waals surface area contributed by atoms with Crippen molar-refractivity contribution in [2.45, 2.75) is 19.4 Å². The molecule has 5 heteroatoms. The van der Waals surface area contributed by atoms with E-state index in [1.54, 1.807) is 29.2 Å². The second kappa shape index (κ2) is 6.07. The highest BCUT2D eigenvalue weighted by Crippen LogP contribution is 2.16. The van der Waals surface area contributed by atoms with E-state index < -0.39 is 0 Å². The minimum atomic E-state index is -0.0838. The Labute approximate surface area is 112 Å². The maximum absolute atomic E-state index is 12.0. The molecule has 2 amide bonds. The highest BCUT2D eigenvalue weighted by Gasteiger charge is 2.26. The summed E-state index contributed by atoms with van der Waals surface area (Å²) in [5.41, 5.74) is 0.754. The van der Waals surface area contributed by atoms with E-state index in [1.165, 1.54) is 0 Å². The summed E-state index contributed by atoms with van der Waals surface area (Å²) in [5.74, 6) is 0. The van der Waals surface area contributed by atoms with E-state index in [4.69, 9.17) is 16.3 Å². The first-order valence-corrected chi connectivity index (χ1v) is 6.50. The minimum absolute atomic E-state index is 0.0838. The van der Waals surface area contributed by atoms with E-state index in [9.17, 15) is 4.79 Å². The van der Waals surface area contributed by atoms with Crippen molar-refractivity contribution in [1.82, 2.24) is 4.90 Å². The Balaban J connectivity index is 1.87. The Hall–Kier alpha value is -1.26. The molecule has 0 aromatic heterocycles. The van der Waals surface area contributed by atoms with Gasteiger partial charge in [0.2, 0.25) is 0 Å². The van der Waals surface area contributed by atoms with E-state index in [2.05, 4.69) is 5.32 Å². The Morgan fingerprint density at radius 3 is 2.89 bits per heavy atom. The number of hydrogen-bond donors (Lipinski definition) is 1. The zero-order valence-corrected chi connectivity index (χ0v) is 11.1. The minimum Gasteiger partial charge on any atom is -0.377 e. The molecule has 1 fully saturated rings. The molecule has 1 N–H and O–H groups in total. The van der Waals surface area contributed by atoms with Crippen LogP contribution in [0.5, 0.6) is 0 Å². The predicted octanol–water partition coefficient (Wildman–Crippen LogP) is 2.98. The smallest absolute Gasteiger partial charge is 0.321 e. The van der Waals surface area contributed by atoms with Gasteiger partial charge in [-0.25, -0.2) is 4.79 Å². The quantitative estimate of drug-likeness (QED) is 0.916. The maximum Gasteiger partial charge on any atom is 0.321 e. The monoisotopic (exact) mass is 268 g/mol. The lowest BCUT2D eigenvalue weighted by Gasteiger charge is -2.17. The molecule has 0 bridgehead atoms. The molecule has 98 valence electrons. The molecule has 1 heterocycles. The van der Waals surface area contributed by atoms with Crippen LogP contribution in [0.15, 0.2) is 24.3 Å². The highest BCUT2D eigenvalue weighted by atomic mass is 35.5. The zero-order chi connectivity index (χ0) is 13.0. The van der Waals surface area contributed by atoms with E-state index >= 15 is 0 Å². The van der Waals surface area contributed by atoms with Crippen molar-refractivity contribution < 1.29 is 9.53 Å². The van der Waals surface area contributed by atoms with Crippen LogP contribution in [-0.2, 0) is 4.74 Å². The molecule has 0 radical (unpaired) electrons. The SMILES string of the molecule is CCO[C@@H]1CCN(C(=O)Nc2ccc(Cl)cc2)C1. The van der Waals surface area contributed by atoms with Crippen LogP contribution < -0.4 is 5.32 Å². The van der Waals surface area contributed by atoms with Gasteiger partial charge in [-0.15, -0.1) is 0 Å². The molecule has 1 atom stereocenters. The Kier molecular flexibility index (Phi) is 4.44. The molecule has 1 aromatic rings. The van der Waals surface area contributed by atoms with E-state index in [-0.39, 0.29) is 12.1 Å². The lowest BCUT2D eigenvalue weighted by Crippen LogP contribution is -2.34. The van der Waals surface area contributed by atoms with E-state index in [1.807, 2.05) is 6.92 Å². The fourth-order valence-corrected chi connectivity index (χ4v) is 2.15. The largest absolute Gasteiger partial charge is 0.377 e. The molecule has 1 aliphatic heterocycles. The van der Waals surface area contributed by atoms with Crippen LogP contribution in [0, 0.1) is 0 Å². The van der Waals surface area contributed by atoms with Crippen LogP contribution in [0.4, 0.5) is 10.5 Å². The fourth-order valence-electron chi connectivity index (χ4n) is 2.02. The molecule has 18 heavy (non-hydrogen) atoms. The third kappa shape index (κ3) is 3.37. The van der Waals surface area contributed by atoms with Crippen LogP contribution in [0.3, 0.4) is 0 Å². The van der Waals surface area contributed by atoms with Crippen LogP contribution >= 0.6 is 11.6 Å². The van der Waals surface area contributed by atoms with Crippen LogP contribution in [0.25, 0.3) is 0 Å². The number of nitrogens with one attached hydrogen (secondary N) is 1. The van der Waals surface area contributed by atoms with Crippen molar-refractivity contribution in [1.29, 1.82) is 0 Å². The third-order valence-electron chi connectivity index (χ3n) is 2.93. The fraction of sp³-hybridized carbons (Fsp3) is 0.462. The van der Waals surface area contributed by atoms with Gasteiger partial charge in [-0.3, -0.25) is 0 Å². The van der Waals surface area contributed by atoms with Gasteiger partial charge in [0.1, 0.15) is 0 Å². The second-order valence-electron chi connectivity index (χ2n) is 4.25. The Morgan fingerprint density at radius 1 is 1.50 bits per heavy atom. The van der Waals surface area contributed by atoms with Gasteiger partial charge < -0.3 is 15.0 Å². The molecule has 0 unspecified atom stereocenters. The summed E-state index contributed by atoms with van der Waals surface area (Å²) in [5, 5.41) is 3.50. The summed E-state index contributed by atoms with van der Waals surface area (Å²) >= 11 is 5.79. The van der Waals surface area contributed by atoms with Gasteiger partial charge in [-0.1, -0.05) is 11.6 Å². The first-order chi connectivity index (χ1) is 8.69. The van der Waals surface area contributed by atoms with Gasteiger partial charge in [0, 0.05) is 30.4 Å². The summed E-state index contributed by atoms with van der Waals surface area (Å²) in [4.78, 5) is 13.7. The highest BCUT2D eigenvalue weighted by molar-refractivity contribution is 6.30. The molecule has 1 aromatic carbocycles. The van der Waals surface area contributed by atoms with Gasteiger partial charge >= 0.3 is 6.03 Å². The van der Waals surface area contributed by atoms with Crippen molar-refractivity contribution in [3.8, 4) is 0 Å². The number of halogens is 1. The van der Waals surface area contributed by atoms with Crippen molar-refractivity contribution in [2.75, 3.05) is 25.0 Å². The van der Waals surface area contributed by atoms with Gasteiger partial charge in [0.05, 0.1) is 6.10 Å². The second-order valence-corrected chi connectivity index (χ2v) is 4.69. The number of hydrogen-bond acceptors (Lipinski definition) is 2. The molecule has 1 aliphatic rings. The molecule has 0 saturated carbocycles. The molecule has 1 saturated heterocycles. The number of carbonyl (C=O) groups is 1. The molecule has 0 spiro atoms. The van der Waals surface area contributed by atoms with E-state index in [0.717, 1.165) is 18.7 Å². The number of amides is 2. The normalized spacial score (nSPS) is 19.0. The topological polar surface area (TPSA) is 41.6 Å². The summed E-state index contributed by atoms with van der Waals surface area (Å²) in [7, 11) is 0. The van der Waals surface area contributed by atoms with Crippen LogP contribution in [-0.4, -0.2) is 36.7 Å². The Bertz CT molecular complexity index is 408. The predicted molar refractivity (Wildman–Crippen MR) is 72.1 cm³/mol. The summed E-state index contributed by atoms with van der Waals surface area (Å²) in [6.45, 7) is 4.06. The number of likely N-dealkylation sites (tertiary alicyclic amines) is 1. The maximum atomic E-state index is 12.0. The molecular formula is C13H17ClN2O2. The number of nitrogens with zero attached hydrogens (tertiary/aromatic N) is 1. The number of rotatable bonds is 3. The first kappa shape index (κ1) is 13.2. The Morgan fingerprint density at radius 2 is 2.22 bits per heavy atom. The lowest BCUT2D eigenvalue weighted by molar-refractivity contribution is 0.0716. The zero-order valence-electron chi connectivity index (χ0n) is 10.4. The number of ether oxygens (including phenoxy) is 1. The van der Waals surface area contributed by atoms with Gasteiger partial charge in [-0.05, 0) is 37.6 Å². The van der Waals surface area contributed by atoms with Gasteiger partial charge in [0.15, 0.2) is 0 Å². The summed E-state index contributed by atoms with van der Waals surface area (Å²) < 4.78 is 5.51. The van der Waals surface area contributed by atoms with E-state index in [0.29, 0.717) is 18.2 Å². The molecular weight excluding hydrogens is 252 g/mol. The summed E-state index contributed by atoms with van der Waals surface area (Å²) in [6, 6.07) is 7.00. The number of carbonyl (C=O) groups excluding carboxylic acids is 1. The van der Waals surface area contributed by atoms with Crippen LogP contribution in [0.2, 0.25) is 5.02 Å². The van der Waals surface area contributed by atoms with Crippen LogP contribution in [0.1, 0.15) is 13.3 Å². The average Bonchev–Trinajstić information content (AvgIpc) is 2.81. The average molecular weight is 269 g/mol. The van der Waals surface area contributed by atoms with Crippen molar-refractivity contribution in [3.63, 3.8) is 0 Å². The molecule has 0 aliphatic carbocycles. The van der Waals surface area contributed by atoms with Gasteiger partial charge in [0.25, 0.3) is 0 Å². The van der Waals surface area contributed by atoms with Gasteiger partial charge in [-0.2, -0.15) is 0 Å². The first-order valence-electron chi connectivity index (χ1n) is 6.12. The third-order valence-corrected chi connectivity index (χ3v) is 3.18. The standard InChI is InChI=1S/C13H17ClN2O2/c1-2-18-12-7-8-16(9-12)13(17)15-11-5-3-10(14)4-6-11/h3-6,12H,2,7-9H2,1H3,(H,15,17)/t12-/m1/s1. The number of benzene rings is 1. The van der Waals surface area contributed by atoms with Crippen molar-refractivity contribution in [3.05, 3.63) is 29.3 Å². The molecule has 4 nitrogen and oxygen atoms in total. The summed E-state index contributed by atoms with van der Waals surface area (Å²) in [6.07, 6.45) is 1.08.